The predicted octanol–water partition coefficient (Wildman–Crippen LogP) is 3.94. The van der Waals surface area contributed by atoms with E-state index in [9.17, 15) is 4.79 Å². The summed E-state index contributed by atoms with van der Waals surface area (Å²) in [6.07, 6.45) is 3.93. The Balaban J connectivity index is 0. The van der Waals surface area contributed by atoms with E-state index >= 15 is 0 Å². The number of rotatable bonds is 1. The van der Waals surface area contributed by atoms with Crippen molar-refractivity contribution in [3.63, 3.8) is 0 Å². The molecule has 0 bridgehead atoms. The smallest absolute Gasteiger partial charge is 0.185 e. The quantitative estimate of drug-likeness (QED) is 0.668. The van der Waals surface area contributed by atoms with Gasteiger partial charge in [0.1, 0.15) is 0 Å². The molecule has 2 aromatic rings. The van der Waals surface area contributed by atoms with Gasteiger partial charge in [-0.25, -0.2) is 0 Å². The summed E-state index contributed by atoms with van der Waals surface area (Å²) in [6, 6.07) is 3.48. The fourth-order valence-electron chi connectivity index (χ4n) is 0.963. The highest BCUT2D eigenvalue weighted by molar-refractivity contribution is 5.84. The summed E-state index contributed by atoms with van der Waals surface area (Å²) in [7, 11) is 0. The lowest BCUT2D eigenvalue weighted by Crippen LogP contribution is -1.66. The SMILES string of the molecule is CC.CC.O=Cc1cc2ccncc2o1.[HH]. The van der Waals surface area contributed by atoms with E-state index in [1.807, 2.05) is 27.7 Å². The van der Waals surface area contributed by atoms with Crippen LogP contribution in [0.1, 0.15) is 39.7 Å². The molecule has 0 aliphatic rings. The van der Waals surface area contributed by atoms with E-state index in [4.69, 9.17) is 4.42 Å². The molecule has 0 unspecified atom stereocenters. The average Bonchev–Trinajstić information content (AvgIpc) is 2.77. The summed E-state index contributed by atoms with van der Waals surface area (Å²) in [5.41, 5.74) is 0.648. The van der Waals surface area contributed by atoms with Gasteiger partial charge in [-0.3, -0.25) is 9.78 Å². The second kappa shape index (κ2) is 7.74. The molecule has 3 nitrogen and oxygen atoms in total. The minimum atomic E-state index is 0. The number of carbonyl (C=O) groups is 1. The minimum absolute atomic E-state index is 0. The molecule has 3 heteroatoms. The van der Waals surface area contributed by atoms with Gasteiger partial charge in [0.05, 0.1) is 6.20 Å². The molecule has 2 aromatic heterocycles. The van der Waals surface area contributed by atoms with Gasteiger partial charge in [-0.05, 0) is 12.1 Å². The summed E-state index contributed by atoms with van der Waals surface area (Å²) < 4.78 is 5.09. The fraction of sp³-hybridized carbons (Fsp3) is 0.333. The molecule has 0 saturated heterocycles. The number of pyridine rings is 1. The maximum absolute atomic E-state index is 10.3. The summed E-state index contributed by atoms with van der Waals surface area (Å²) in [5, 5.41) is 0.905. The summed E-state index contributed by atoms with van der Waals surface area (Å²) in [4.78, 5) is 14.1. The van der Waals surface area contributed by atoms with Gasteiger partial charge in [0.2, 0.25) is 0 Å². The molecule has 0 spiro atoms. The van der Waals surface area contributed by atoms with Gasteiger partial charge in [0.15, 0.2) is 17.6 Å². The van der Waals surface area contributed by atoms with Crippen molar-refractivity contribution in [1.29, 1.82) is 0 Å². The second-order valence-electron chi connectivity index (χ2n) is 2.18. The Hall–Kier alpha value is -1.64. The fourth-order valence-corrected chi connectivity index (χ4v) is 0.963. The van der Waals surface area contributed by atoms with Crippen LogP contribution < -0.4 is 0 Å². The van der Waals surface area contributed by atoms with Crippen LogP contribution in [0.15, 0.2) is 28.9 Å². The third-order valence-electron chi connectivity index (χ3n) is 1.46. The van der Waals surface area contributed by atoms with Crippen molar-refractivity contribution in [2.75, 3.05) is 0 Å². The third-order valence-corrected chi connectivity index (χ3v) is 1.46. The molecule has 0 aliphatic heterocycles. The Morgan fingerprint density at radius 1 is 1.33 bits per heavy atom. The van der Waals surface area contributed by atoms with Gasteiger partial charge in [-0.15, -0.1) is 0 Å². The van der Waals surface area contributed by atoms with Crippen LogP contribution in [0, 0.1) is 0 Å². The number of nitrogens with zero attached hydrogens (tertiary/aromatic N) is 1. The summed E-state index contributed by atoms with van der Waals surface area (Å²) in [6.45, 7) is 8.00. The van der Waals surface area contributed by atoms with Crippen molar-refractivity contribution >= 4 is 17.3 Å². The van der Waals surface area contributed by atoms with Gasteiger partial charge >= 0.3 is 0 Å². The molecule has 0 aromatic carbocycles. The molecule has 84 valence electrons. The van der Waals surface area contributed by atoms with Crippen LogP contribution in [0.3, 0.4) is 0 Å². The highest BCUT2D eigenvalue weighted by Crippen LogP contribution is 2.15. The Bertz CT molecular complexity index is 366. The van der Waals surface area contributed by atoms with Crippen molar-refractivity contribution in [3.05, 3.63) is 30.3 Å². The van der Waals surface area contributed by atoms with E-state index in [1.54, 1.807) is 24.5 Å². The van der Waals surface area contributed by atoms with Crippen molar-refractivity contribution in [2.45, 2.75) is 27.7 Å². The number of furan rings is 1. The summed E-state index contributed by atoms with van der Waals surface area (Å²) >= 11 is 0. The van der Waals surface area contributed by atoms with E-state index < -0.39 is 0 Å². The lowest BCUT2D eigenvalue weighted by atomic mass is 10.3. The lowest BCUT2D eigenvalue weighted by molar-refractivity contribution is 0.110. The van der Waals surface area contributed by atoms with Crippen LogP contribution in [-0.4, -0.2) is 11.3 Å². The molecule has 0 amide bonds. The maximum atomic E-state index is 10.3. The normalized spacial score (nSPS) is 8.27. The van der Waals surface area contributed by atoms with Crippen molar-refractivity contribution in [3.8, 4) is 0 Å². The molecule has 0 atom stereocenters. The Morgan fingerprint density at radius 3 is 2.53 bits per heavy atom. The van der Waals surface area contributed by atoms with Crippen LogP contribution in [0.4, 0.5) is 0 Å². The van der Waals surface area contributed by atoms with Gasteiger partial charge in [0.25, 0.3) is 0 Å². The monoisotopic (exact) mass is 209 g/mol. The van der Waals surface area contributed by atoms with Crippen LogP contribution in [0.25, 0.3) is 11.0 Å². The van der Waals surface area contributed by atoms with Crippen molar-refractivity contribution in [1.82, 2.24) is 4.98 Å². The number of hydrogen-bond donors (Lipinski definition) is 0. The largest absolute Gasteiger partial charge is 0.452 e. The van der Waals surface area contributed by atoms with E-state index in [-0.39, 0.29) is 1.43 Å². The summed E-state index contributed by atoms with van der Waals surface area (Å²) in [5.74, 6) is 0.341. The van der Waals surface area contributed by atoms with Crippen LogP contribution in [0.2, 0.25) is 0 Å². The molecule has 0 aliphatic carbocycles. The number of hydrogen-bond acceptors (Lipinski definition) is 3. The van der Waals surface area contributed by atoms with Crippen molar-refractivity contribution < 1.29 is 10.6 Å². The highest BCUT2D eigenvalue weighted by atomic mass is 16.3. The highest BCUT2D eigenvalue weighted by Gasteiger charge is 1.99. The zero-order valence-corrected chi connectivity index (χ0v) is 9.65. The van der Waals surface area contributed by atoms with Crippen LogP contribution >= 0.6 is 0 Å². The number of carbonyl (C=O) groups excluding carboxylic acids is 1. The number of aromatic nitrogens is 1. The van der Waals surface area contributed by atoms with Gasteiger partial charge in [0, 0.05) is 13.0 Å². The zero-order valence-electron chi connectivity index (χ0n) is 9.65. The van der Waals surface area contributed by atoms with E-state index in [2.05, 4.69) is 4.98 Å². The van der Waals surface area contributed by atoms with E-state index in [0.29, 0.717) is 17.6 Å². The molecule has 2 rings (SSSR count). The molecular formula is C12H19NO2. The number of aldehydes is 1. The Labute approximate surface area is 91.6 Å². The number of fused-ring (bicyclic) bond motifs is 1. The zero-order chi connectivity index (χ0) is 11.7. The van der Waals surface area contributed by atoms with E-state index in [1.165, 1.54) is 0 Å². The standard InChI is InChI=1S/C8H5NO2.2C2H6.H2/c10-5-7-3-6-1-2-9-4-8(6)11-7;2*1-2;/h1-5H;2*1-2H3;1H. The lowest BCUT2D eigenvalue weighted by Gasteiger charge is -1.81. The van der Waals surface area contributed by atoms with E-state index in [0.717, 1.165) is 5.39 Å². The Kier molecular flexibility index (Phi) is 6.89. The van der Waals surface area contributed by atoms with Crippen molar-refractivity contribution in [2.24, 2.45) is 0 Å². The van der Waals surface area contributed by atoms with Gasteiger partial charge in [-0.2, -0.15) is 0 Å². The average molecular weight is 209 g/mol. The van der Waals surface area contributed by atoms with Crippen LogP contribution in [-0.2, 0) is 0 Å². The molecule has 0 N–H and O–H groups in total. The molecule has 0 fully saturated rings. The van der Waals surface area contributed by atoms with Gasteiger partial charge < -0.3 is 4.42 Å². The predicted molar refractivity (Wildman–Crippen MR) is 64.2 cm³/mol. The molecule has 0 saturated carbocycles. The first kappa shape index (κ1) is 13.4. The van der Waals surface area contributed by atoms with Crippen LogP contribution in [0.5, 0.6) is 0 Å². The third kappa shape index (κ3) is 3.54. The first-order valence-corrected chi connectivity index (χ1v) is 5.19. The van der Waals surface area contributed by atoms with Gasteiger partial charge in [-0.1, -0.05) is 27.7 Å². The molecule has 0 radical (unpaired) electrons. The topological polar surface area (TPSA) is 43.1 Å². The first-order chi connectivity index (χ1) is 7.40. The molecule has 15 heavy (non-hydrogen) atoms. The molecule has 2 heterocycles. The molecular weight excluding hydrogens is 190 g/mol. The Morgan fingerprint density at radius 2 is 2.00 bits per heavy atom. The first-order valence-electron chi connectivity index (χ1n) is 5.19. The second-order valence-corrected chi connectivity index (χ2v) is 2.18. The minimum Gasteiger partial charge on any atom is -0.452 e. The maximum Gasteiger partial charge on any atom is 0.185 e.